The highest BCUT2D eigenvalue weighted by atomic mass is 16.7. The fourth-order valence-electron chi connectivity index (χ4n) is 2.97. The number of carbonyl (C=O) groups is 2. The molecule has 4 aromatic carbocycles. The number of anilines is 2. The predicted octanol–water partition coefficient (Wildman–Crippen LogP) is 6.56. The van der Waals surface area contributed by atoms with Gasteiger partial charge in [0.25, 0.3) is 0 Å². The van der Waals surface area contributed by atoms with Crippen LogP contribution in [0.2, 0.25) is 0 Å². The summed E-state index contributed by atoms with van der Waals surface area (Å²) in [7, 11) is 3.19. The zero-order valence-electron chi connectivity index (χ0n) is 21.9. The SMILES string of the molecule is COc1ccc(/C=N/OC(=O)Nc2ccccc2)cc1.COc1ccc(/C=N/OC(=O)Nc2ccccc2)cc1. The van der Waals surface area contributed by atoms with Gasteiger partial charge in [-0.3, -0.25) is 20.3 Å². The first kappa shape index (κ1) is 28.9. The molecule has 2 N–H and O–H groups in total. The normalized spacial score (nSPS) is 10.2. The third-order valence-corrected chi connectivity index (χ3v) is 4.95. The zero-order valence-corrected chi connectivity index (χ0v) is 21.9. The van der Waals surface area contributed by atoms with E-state index in [1.165, 1.54) is 12.4 Å². The average Bonchev–Trinajstić information content (AvgIpc) is 2.99. The fraction of sp³-hybridized carbons (Fsp3) is 0.0667. The van der Waals surface area contributed by atoms with Crippen LogP contribution in [0, 0.1) is 0 Å². The van der Waals surface area contributed by atoms with Crippen LogP contribution in [-0.4, -0.2) is 38.8 Å². The molecule has 0 aromatic heterocycles. The van der Waals surface area contributed by atoms with E-state index in [2.05, 4.69) is 20.9 Å². The summed E-state index contributed by atoms with van der Waals surface area (Å²) in [6.07, 6.45) is 1.62. The maximum Gasteiger partial charge on any atom is 0.437 e. The molecule has 0 aliphatic carbocycles. The van der Waals surface area contributed by atoms with Crippen molar-refractivity contribution in [1.82, 2.24) is 0 Å². The lowest BCUT2D eigenvalue weighted by molar-refractivity contribution is 0.166. The van der Waals surface area contributed by atoms with Gasteiger partial charge in [-0.15, -0.1) is 0 Å². The van der Waals surface area contributed by atoms with Crippen LogP contribution in [0.5, 0.6) is 11.5 Å². The van der Waals surface area contributed by atoms with Gasteiger partial charge in [-0.2, -0.15) is 0 Å². The number of amides is 2. The van der Waals surface area contributed by atoms with Crippen LogP contribution in [-0.2, 0) is 9.68 Å². The van der Waals surface area contributed by atoms with E-state index in [1.807, 2.05) is 36.4 Å². The summed E-state index contributed by atoms with van der Waals surface area (Å²) in [4.78, 5) is 32.3. The van der Waals surface area contributed by atoms with Gasteiger partial charge in [-0.05, 0) is 83.9 Å². The number of oxime groups is 2. The van der Waals surface area contributed by atoms with Crippen molar-refractivity contribution in [1.29, 1.82) is 0 Å². The first-order valence-electron chi connectivity index (χ1n) is 12.0. The molecule has 204 valence electrons. The van der Waals surface area contributed by atoms with Gasteiger partial charge in [0, 0.05) is 11.4 Å². The molecular weight excluding hydrogens is 512 g/mol. The van der Waals surface area contributed by atoms with E-state index in [4.69, 9.17) is 19.1 Å². The molecule has 0 saturated carbocycles. The van der Waals surface area contributed by atoms with E-state index in [0.29, 0.717) is 11.4 Å². The van der Waals surface area contributed by atoms with Crippen molar-refractivity contribution >= 4 is 36.0 Å². The van der Waals surface area contributed by atoms with Crippen LogP contribution in [0.25, 0.3) is 0 Å². The number of nitrogens with zero attached hydrogens (tertiary/aromatic N) is 2. The van der Waals surface area contributed by atoms with Crippen molar-refractivity contribution in [2.45, 2.75) is 0 Å². The van der Waals surface area contributed by atoms with Gasteiger partial charge < -0.3 is 9.47 Å². The predicted molar refractivity (Wildman–Crippen MR) is 154 cm³/mol. The Bertz CT molecular complexity index is 1270. The first-order chi connectivity index (χ1) is 19.6. The van der Waals surface area contributed by atoms with Crippen molar-refractivity contribution in [2.75, 3.05) is 24.9 Å². The molecule has 0 fully saturated rings. The third kappa shape index (κ3) is 10.8. The zero-order chi connectivity index (χ0) is 28.4. The van der Waals surface area contributed by atoms with Crippen LogP contribution in [0.3, 0.4) is 0 Å². The van der Waals surface area contributed by atoms with E-state index < -0.39 is 12.2 Å². The minimum absolute atomic E-state index is 0.638. The van der Waals surface area contributed by atoms with Gasteiger partial charge in [0.1, 0.15) is 11.5 Å². The van der Waals surface area contributed by atoms with E-state index in [-0.39, 0.29) is 0 Å². The number of ether oxygens (including phenoxy) is 2. The highest BCUT2D eigenvalue weighted by molar-refractivity contribution is 5.86. The molecule has 10 heteroatoms. The van der Waals surface area contributed by atoms with E-state index >= 15 is 0 Å². The number of para-hydroxylation sites is 2. The van der Waals surface area contributed by atoms with Gasteiger partial charge >= 0.3 is 12.2 Å². The molecule has 0 bridgehead atoms. The summed E-state index contributed by atoms with van der Waals surface area (Å²) in [6.45, 7) is 0. The summed E-state index contributed by atoms with van der Waals surface area (Å²) in [5.41, 5.74) is 2.91. The number of benzene rings is 4. The molecule has 40 heavy (non-hydrogen) atoms. The molecule has 10 nitrogen and oxygen atoms in total. The Hall–Kier alpha value is -5.64. The number of hydrogen-bond donors (Lipinski definition) is 2. The summed E-state index contributed by atoms with van der Waals surface area (Å²) < 4.78 is 10.1. The van der Waals surface area contributed by atoms with Crippen LogP contribution < -0.4 is 20.1 Å². The van der Waals surface area contributed by atoms with Crippen molar-refractivity contribution in [2.24, 2.45) is 10.3 Å². The van der Waals surface area contributed by atoms with Crippen LogP contribution in [0.4, 0.5) is 21.0 Å². The number of rotatable bonds is 8. The highest BCUT2D eigenvalue weighted by Gasteiger charge is 2.02. The molecule has 0 aliphatic rings. The quantitative estimate of drug-likeness (QED) is 0.148. The molecule has 0 aliphatic heterocycles. The van der Waals surface area contributed by atoms with Gasteiger partial charge in [0.15, 0.2) is 0 Å². The number of methoxy groups -OCH3 is 2. The van der Waals surface area contributed by atoms with Crippen LogP contribution >= 0.6 is 0 Å². The maximum atomic E-state index is 11.4. The molecule has 0 saturated heterocycles. The van der Waals surface area contributed by atoms with Gasteiger partial charge in [-0.1, -0.05) is 46.7 Å². The minimum atomic E-state index is -0.638. The third-order valence-electron chi connectivity index (χ3n) is 4.95. The van der Waals surface area contributed by atoms with Crippen molar-refractivity contribution in [3.63, 3.8) is 0 Å². The Balaban J connectivity index is 0.000000220. The summed E-state index contributed by atoms with van der Waals surface area (Å²) in [6, 6.07) is 32.4. The van der Waals surface area contributed by atoms with Gasteiger partial charge in [0.2, 0.25) is 0 Å². The van der Waals surface area contributed by atoms with E-state index in [0.717, 1.165) is 22.6 Å². The van der Waals surface area contributed by atoms with Crippen molar-refractivity contribution < 1.29 is 28.7 Å². The second-order valence-electron chi connectivity index (χ2n) is 7.75. The maximum absolute atomic E-state index is 11.4. The molecule has 0 radical (unpaired) electrons. The first-order valence-corrected chi connectivity index (χ1v) is 12.0. The molecule has 0 heterocycles. The monoisotopic (exact) mass is 540 g/mol. The Morgan fingerprint density at radius 2 is 0.900 bits per heavy atom. The number of hydrogen-bond acceptors (Lipinski definition) is 8. The lowest BCUT2D eigenvalue weighted by atomic mass is 10.2. The molecule has 4 rings (SSSR count). The van der Waals surface area contributed by atoms with E-state index in [9.17, 15) is 9.59 Å². The molecule has 0 unspecified atom stereocenters. The van der Waals surface area contributed by atoms with Crippen molar-refractivity contribution in [3.8, 4) is 11.5 Å². The van der Waals surface area contributed by atoms with Crippen molar-refractivity contribution in [3.05, 3.63) is 120 Å². The second kappa shape index (κ2) is 16.3. The highest BCUT2D eigenvalue weighted by Crippen LogP contribution is 2.11. The molecule has 2 amide bonds. The Morgan fingerprint density at radius 3 is 1.23 bits per heavy atom. The minimum Gasteiger partial charge on any atom is -0.497 e. The Labute approximate surface area is 231 Å². The second-order valence-corrected chi connectivity index (χ2v) is 7.75. The fourth-order valence-corrected chi connectivity index (χ4v) is 2.97. The Morgan fingerprint density at radius 1 is 0.550 bits per heavy atom. The number of nitrogens with one attached hydrogen (secondary N) is 2. The lowest BCUT2D eigenvalue weighted by Crippen LogP contribution is -2.10. The summed E-state index contributed by atoms with van der Waals surface area (Å²) >= 11 is 0. The molecule has 0 spiro atoms. The smallest absolute Gasteiger partial charge is 0.437 e. The van der Waals surface area contributed by atoms with Gasteiger partial charge in [-0.25, -0.2) is 9.59 Å². The standard InChI is InChI=1S/2C15H14N2O3/c2*1-19-14-9-7-12(8-10-14)11-16-20-15(18)17-13-5-3-2-4-6-13/h2*2-11H,1H3,(H,17,18)/b2*16-11+. The summed E-state index contributed by atoms with van der Waals surface area (Å²) in [5.74, 6) is 1.51. The van der Waals surface area contributed by atoms with E-state index in [1.54, 1.807) is 87.0 Å². The number of carbonyl (C=O) groups excluding carboxylic acids is 2. The average molecular weight is 541 g/mol. The van der Waals surface area contributed by atoms with Gasteiger partial charge in [0.05, 0.1) is 26.6 Å². The molecule has 4 aromatic rings. The largest absolute Gasteiger partial charge is 0.497 e. The summed E-state index contributed by atoms with van der Waals surface area (Å²) in [5, 5.41) is 12.3. The Kier molecular flexibility index (Phi) is 11.8. The molecule has 0 atom stereocenters. The van der Waals surface area contributed by atoms with Crippen LogP contribution in [0.15, 0.2) is 120 Å². The topological polar surface area (TPSA) is 120 Å². The lowest BCUT2D eigenvalue weighted by Gasteiger charge is -2.01. The molecular formula is C30H28N4O6. The van der Waals surface area contributed by atoms with Crippen LogP contribution in [0.1, 0.15) is 11.1 Å².